The lowest BCUT2D eigenvalue weighted by Crippen LogP contribution is -2.32. The van der Waals surface area contributed by atoms with Crippen LogP contribution in [0.2, 0.25) is 5.02 Å². The Hall–Kier alpha value is -2.38. The number of hydrogen-bond donors (Lipinski definition) is 0. The van der Waals surface area contributed by atoms with E-state index in [-0.39, 0.29) is 28.9 Å². The van der Waals surface area contributed by atoms with Gasteiger partial charge in [0.2, 0.25) is 0 Å². The zero-order valence-electron chi connectivity index (χ0n) is 15.0. The van der Waals surface area contributed by atoms with Gasteiger partial charge in [0, 0.05) is 16.8 Å². The number of halogens is 1. The quantitative estimate of drug-likeness (QED) is 0.726. The molecular formula is C19H18ClNO5S. The predicted molar refractivity (Wildman–Crippen MR) is 101 cm³/mol. The van der Waals surface area contributed by atoms with Crippen LogP contribution in [0.15, 0.2) is 41.3 Å². The molecule has 0 aliphatic carbocycles. The Bertz CT molecular complexity index is 1050. The van der Waals surface area contributed by atoms with Crippen LogP contribution in [-0.4, -0.2) is 37.5 Å². The van der Waals surface area contributed by atoms with E-state index in [9.17, 15) is 18.0 Å². The van der Waals surface area contributed by atoms with Gasteiger partial charge in [0.05, 0.1) is 23.1 Å². The molecule has 0 saturated heterocycles. The number of carbonyl (C=O) groups excluding carboxylic acids is 2. The van der Waals surface area contributed by atoms with E-state index >= 15 is 0 Å². The van der Waals surface area contributed by atoms with Crippen molar-refractivity contribution < 1.29 is 22.7 Å². The average Bonchev–Trinajstić information content (AvgIpc) is 2.89. The van der Waals surface area contributed by atoms with Crippen LogP contribution in [0.5, 0.6) is 5.75 Å². The first-order chi connectivity index (χ1) is 12.6. The third-order valence-electron chi connectivity index (χ3n) is 4.09. The van der Waals surface area contributed by atoms with Crippen LogP contribution in [0.1, 0.15) is 40.1 Å². The standard InChI is InChI=1S/C19H18ClNO5S/c1-11(2)26-17-7-6-14(27(3,24)25)9-16(17)19(23)21-10-12-4-5-13(20)8-15(12)18(21)22/h4-9,11H,10H2,1-3H3. The zero-order valence-corrected chi connectivity index (χ0v) is 16.6. The number of carbonyl (C=O) groups is 2. The van der Waals surface area contributed by atoms with E-state index in [0.29, 0.717) is 16.1 Å². The molecule has 142 valence electrons. The van der Waals surface area contributed by atoms with Crippen molar-refractivity contribution in [3.8, 4) is 5.75 Å². The normalized spacial score (nSPS) is 13.8. The number of rotatable bonds is 4. The summed E-state index contributed by atoms with van der Waals surface area (Å²) in [5, 5.41) is 0.402. The highest BCUT2D eigenvalue weighted by Gasteiger charge is 2.34. The van der Waals surface area contributed by atoms with Crippen molar-refractivity contribution in [1.82, 2.24) is 4.90 Å². The Morgan fingerprint density at radius 3 is 2.52 bits per heavy atom. The summed E-state index contributed by atoms with van der Waals surface area (Å²) in [6, 6.07) is 8.93. The van der Waals surface area contributed by atoms with Crippen molar-refractivity contribution in [2.24, 2.45) is 0 Å². The molecule has 1 aliphatic rings. The van der Waals surface area contributed by atoms with E-state index in [4.69, 9.17) is 16.3 Å². The molecule has 0 bridgehead atoms. The predicted octanol–water partition coefficient (Wildman–Crippen LogP) is 3.33. The van der Waals surface area contributed by atoms with Crippen LogP contribution >= 0.6 is 11.6 Å². The fraction of sp³-hybridized carbons (Fsp3) is 0.263. The van der Waals surface area contributed by atoms with Gasteiger partial charge >= 0.3 is 0 Å². The monoisotopic (exact) mass is 407 g/mol. The lowest BCUT2D eigenvalue weighted by molar-refractivity contribution is 0.0627. The van der Waals surface area contributed by atoms with Crippen molar-refractivity contribution in [2.75, 3.05) is 6.26 Å². The smallest absolute Gasteiger partial charge is 0.264 e. The van der Waals surface area contributed by atoms with Crippen LogP contribution in [0.25, 0.3) is 0 Å². The molecule has 0 atom stereocenters. The first-order valence-electron chi connectivity index (χ1n) is 8.23. The zero-order chi connectivity index (χ0) is 19.9. The Kier molecular flexibility index (Phi) is 5.01. The number of amides is 2. The molecule has 0 aromatic heterocycles. The summed E-state index contributed by atoms with van der Waals surface area (Å²) in [5.41, 5.74) is 1.07. The second-order valence-corrected chi connectivity index (χ2v) is 9.05. The van der Waals surface area contributed by atoms with Crippen molar-refractivity contribution in [3.05, 3.63) is 58.1 Å². The van der Waals surface area contributed by atoms with E-state index in [2.05, 4.69) is 0 Å². The minimum Gasteiger partial charge on any atom is -0.490 e. The van der Waals surface area contributed by atoms with Gasteiger partial charge < -0.3 is 4.74 Å². The maximum absolute atomic E-state index is 13.1. The minimum atomic E-state index is -3.53. The molecular weight excluding hydrogens is 390 g/mol. The van der Waals surface area contributed by atoms with Gasteiger partial charge in [-0.1, -0.05) is 17.7 Å². The highest BCUT2D eigenvalue weighted by Crippen LogP contribution is 2.30. The molecule has 0 unspecified atom stereocenters. The van der Waals surface area contributed by atoms with Gasteiger partial charge in [-0.05, 0) is 49.7 Å². The first kappa shape index (κ1) is 19.4. The van der Waals surface area contributed by atoms with Gasteiger partial charge in [-0.25, -0.2) is 8.42 Å². The molecule has 2 aromatic carbocycles. The lowest BCUT2D eigenvalue weighted by atomic mass is 10.1. The summed E-state index contributed by atoms with van der Waals surface area (Å²) in [6.45, 7) is 3.67. The van der Waals surface area contributed by atoms with Crippen molar-refractivity contribution in [2.45, 2.75) is 31.4 Å². The molecule has 0 fully saturated rings. The van der Waals surface area contributed by atoms with Gasteiger partial charge in [0.25, 0.3) is 11.8 Å². The molecule has 0 N–H and O–H groups in total. The van der Waals surface area contributed by atoms with Crippen LogP contribution < -0.4 is 4.74 Å². The van der Waals surface area contributed by atoms with E-state index in [1.807, 2.05) is 0 Å². The van der Waals surface area contributed by atoms with Crippen LogP contribution in [0, 0.1) is 0 Å². The number of imide groups is 1. The minimum absolute atomic E-state index is 0.0193. The lowest BCUT2D eigenvalue weighted by Gasteiger charge is -2.19. The number of benzene rings is 2. The molecule has 1 aliphatic heterocycles. The Balaban J connectivity index is 2.04. The van der Waals surface area contributed by atoms with E-state index in [0.717, 1.165) is 11.2 Å². The maximum atomic E-state index is 13.1. The first-order valence-corrected chi connectivity index (χ1v) is 10.5. The summed E-state index contributed by atoms with van der Waals surface area (Å²) in [6.07, 6.45) is 0.823. The third kappa shape index (κ3) is 3.84. The van der Waals surface area contributed by atoms with Gasteiger partial charge in [-0.15, -0.1) is 0 Å². The summed E-state index contributed by atoms with van der Waals surface area (Å²) in [5.74, 6) is -0.865. The maximum Gasteiger partial charge on any atom is 0.264 e. The van der Waals surface area contributed by atoms with Crippen molar-refractivity contribution in [3.63, 3.8) is 0 Å². The second kappa shape index (κ2) is 6.98. The largest absolute Gasteiger partial charge is 0.490 e. The van der Waals surface area contributed by atoms with Gasteiger partial charge in [0.1, 0.15) is 5.75 Å². The number of nitrogens with zero attached hydrogens (tertiary/aromatic N) is 1. The van der Waals surface area contributed by atoms with Gasteiger partial charge in [0.15, 0.2) is 9.84 Å². The summed E-state index contributed by atoms with van der Waals surface area (Å²) in [7, 11) is -3.53. The Labute approximate surface area is 162 Å². The molecule has 1 heterocycles. The fourth-order valence-corrected chi connectivity index (χ4v) is 3.67. The molecule has 2 amide bonds. The van der Waals surface area contributed by atoms with Crippen LogP contribution in [0.4, 0.5) is 0 Å². The summed E-state index contributed by atoms with van der Waals surface area (Å²) in [4.78, 5) is 26.8. The topological polar surface area (TPSA) is 80.8 Å². The van der Waals surface area contributed by atoms with Crippen LogP contribution in [0.3, 0.4) is 0 Å². The average molecular weight is 408 g/mol. The Morgan fingerprint density at radius 1 is 1.19 bits per heavy atom. The highest BCUT2D eigenvalue weighted by molar-refractivity contribution is 7.90. The van der Waals surface area contributed by atoms with E-state index in [1.165, 1.54) is 24.3 Å². The number of fused-ring (bicyclic) bond motifs is 1. The van der Waals surface area contributed by atoms with Crippen molar-refractivity contribution in [1.29, 1.82) is 0 Å². The van der Waals surface area contributed by atoms with E-state index < -0.39 is 21.7 Å². The number of sulfone groups is 1. The third-order valence-corrected chi connectivity index (χ3v) is 5.44. The second-order valence-electron chi connectivity index (χ2n) is 6.59. The Morgan fingerprint density at radius 2 is 1.89 bits per heavy atom. The SMILES string of the molecule is CC(C)Oc1ccc(S(C)(=O)=O)cc1C(=O)N1Cc2ccc(Cl)cc2C1=O. The number of hydrogen-bond acceptors (Lipinski definition) is 5. The van der Waals surface area contributed by atoms with Crippen LogP contribution in [-0.2, 0) is 16.4 Å². The van der Waals surface area contributed by atoms with Gasteiger partial charge in [-0.2, -0.15) is 0 Å². The highest BCUT2D eigenvalue weighted by atomic mass is 35.5. The van der Waals surface area contributed by atoms with Gasteiger partial charge in [-0.3, -0.25) is 14.5 Å². The summed E-state index contributed by atoms with van der Waals surface area (Å²) < 4.78 is 29.4. The number of ether oxygens (including phenoxy) is 1. The molecule has 3 rings (SSSR count). The molecule has 0 spiro atoms. The van der Waals surface area contributed by atoms with Crippen molar-refractivity contribution >= 4 is 33.3 Å². The molecule has 27 heavy (non-hydrogen) atoms. The molecule has 0 radical (unpaired) electrons. The molecule has 2 aromatic rings. The molecule has 0 saturated carbocycles. The molecule has 8 heteroatoms. The summed E-state index contributed by atoms with van der Waals surface area (Å²) >= 11 is 5.94. The molecule has 6 nitrogen and oxygen atoms in total. The fourth-order valence-electron chi connectivity index (χ4n) is 2.85. The van der Waals surface area contributed by atoms with E-state index in [1.54, 1.807) is 26.0 Å².